The second-order valence-electron chi connectivity index (χ2n) is 6.64. The number of hydrogen-bond donors (Lipinski definition) is 1. The minimum atomic E-state index is 0.0820. The number of benzene rings is 2. The van der Waals surface area contributed by atoms with E-state index in [4.69, 9.17) is 16.0 Å². The summed E-state index contributed by atoms with van der Waals surface area (Å²) in [4.78, 5) is 6.63. The molecule has 0 aliphatic rings. The Morgan fingerprint density at radius 3 is 2.54 bits per heavy atom. The van der Waals surface area contributed by atoms with Crippen molar-refractivity contribution in [1.29, 1.82) is 0 Å². The third-order valence-corrected chi connectivity index (χ3v) is 4.99. The summed E-state index contributed by atoms with van der Waals surface area (Å²) >= 11 is 6.25. The molecule has 0 saturated heterocycles. The van der Waals surface area contributed by atoms with E-state index in [-0.39, 0.29) is 6.61 Å². The number of hydrogen-bond acceptors (Lipinski definition) is 5. The highest BCUT2D eigenvalue weighted by molar-refractivity contribution is 6.33. The first-order valence-electron chi connectivity index (χ1n) is 9.13. The average molecular weight is 397 g/mol. The molecule has 6 nitrogen and oxygen atoms in total. The van der Waals surface area contributed by atoms with E-state index in [0.717, 1.165) is 23.6 Å². The zero-order chi connectivity index (χ0) is 19.5. The summed E-state index contributed by atoms with van der Waals surface area (Å²) in [7, 11) is 0. The molecule has 0 fully saturated rings. The molecule has 7 heteroatoms. The van der Waals surface area contributed by atoms with Crippen LogP contribution in [-0.4, -0.2) is 37.8 Å². The highest BCUT2D eigenvalue weighted by Crippen LogP contribution is 2.27. The highest BCUT2D eigenvalue weighted by atomic mass is 35.5. The van der Waals surface area contributed by atoms with Gasteiger partial charge in [-0.3, -0.25) is 4.90 Å². The first kappa shape index (κ1) is 18.7. The first-order valence-corrected chi connectivity index (χ1v) is 9.50. The van der Waals surface area contributed by atoms with Crippen molar-refractivity contribution in [3.8, 4) is 11.4 Å². The van der Waals surface area contributed by atoms with Crippen LogP contribution < -0.4 is 0 Å². The van der Waals surface area contributed by atoms with Crippen molar-refractivity contribution in [2.24, 2.45) is 0 Å². The zero-order valence-electron chi connectivity index (χ0n) is 15.5. The molecule has 0 amide bonds. The van der Waals surface area contributed by atoms with Crippen molar-refractivity contribution in [2.45, 2.75) is 20.0 Å². The molecule has 0 bridgehead atoms. The Morgan fingerprint density at radius 2 is 1.82 bits per heavy atom. The summed E-state index contributed by atoms with van der Waals surface area (Å²) in [5.41, 5.74) is 2.84. The Labute approximate surface area is 168 Å². The van der Waals surface area contributed by atoms with Crippen LogP contribution >= 0.6 is 11.6 Å². The Bertz CT molecular complexity index is 1070. The van der Waals surface area contributed by atoms with Crippen molar-refractivity contribution in [3.63, 3.8) is 0 Å². The molecule has 2 aromatic heterocycles. The number of rotatable bonds is 7. The summed E-state index contributed by atoms with van der Waals surface area (Å²) in [5.74, 6) is 1.76. The number of nitrogens with zero attached hydrogens (tertiary/aromatic N) is 4. The Kier molecular flexibility index (Phi) is 5.43. The van der Waals surface area contributed by atoms with Gasteiger partial charge in [-0.15, -0.1) is 5.10 Å². The second kappa shape index (κ2) is 8.14. The molecule has 0 atom stereocenters. The lowest BCUT2D eigenvalue weighted by molar-refractivity contribution is 0.175. The van der Waals surface area contributed by atoms with Crippen molar-refractivity contribution in [3.05, 3.63) is 76.6 Å². The molecular formula is C21H21ClN4O2. The van der Waals surface area contributed by atoms with Gasteiger partial charge in [0.05, 0.1) is 23.9 Å². The molecule has 2 aromatic carbocycles. The van der Waals surface area contributed by atoms with Crippen molar-refractivity contribution < 1.29 is 9.52 Å². The number of fused-ring (bicyclic) bond motifs is 1. The van der Waals surface area contributed by atoms with Crippen LogP contribution in [0, 0.1) is 6.92 Å². The van der Waals surface area contributed by atoms with E-state index in [9.17, 15) is 5.11 Å². The number of halogens is 1. The summed E-state index contributed by atoms with van der Waals surface area (Å²) in [6.07, 6.45) is 0. The molecule has 0 aliphatic heterocycles. The predicted octanol–water partition coefficient (Wildman–Crippen LogP) is 3.95. The fraction of sp³-hybridized carbons (Fsp3) is 0.238. The lowest BCUT2D eigenvalue weighted by atomic mass is 10.2. The van der Waals surface area contributed by atoms with E-state index < -0.39 is 0 Å². The zero-order valence-corrected chi connectivity index (χ0v) is 16.3. The molecule has 0 spiro atoms. The number of aromatic nitrogens is 3. The Morgan fingerprint density at radius 1 is 1.07 bits per heavy atom. The predicted molar refractivity (Wildman–Crippen MR) is 108 cm³/mol. The van der Waals surface area contributed by atoms with E-state index >= 15 is 0 Å². The SMILES string of the molecule is Cc1c(CN(CCO)Cc2ccccc2)oc2nc(-c3ccccc3Cl)nn12. The van der Waals surface area contributed by atoms with E-state index in [2.05, 4.69) is 27.1 Å². The number of aliphatic hydroxyl groups is 1. The quantitative estimate of drug-likeness (QED) is 0.512. The Balaban J connectivity index is 1.59. The van der Waals surface area contributed by atoms with Crippen LogP contribution in [0.25, 0.3) is 17.2 Å². The smallest absolute Gasteiger partial charge is 0.325 e. The van der Waals surface area contributed by atoms with Crippen LogP contribution in [-0.2, 0) is 13.1 Å². The van der Waals surface area contributed by atoms with Crippen LogP contribution in [0.4, 0.5) is 0 Å². The van der Waals surface area contributed by atoms with Crippen LogP contribution in [0.1, 0.15) is 17.0 Å². The lowest BCUT2D eigenvalue weighted by Crippen LogP contribution is -2.26. The van der Waals surface area contributed by atoms with Gasteiger partial charge in [0.25, 0.3) is 0 Å². The van der Waals surface area contributed by atoms with Gasteiger partial charge in [-0.2, -0.15) is 9.50 Å². The third-order valence-electron chi connectivity index (χ3n) is 4.66. The minimum absolute atomic E-state index is 0.0820. The Hall–Kier alpha value is -2.67. The van der Waals surface area contributed by atoms with E-state index in [0.29, 0.717) is 29.8 Å². The van der Waals surface area contributed by atoms with Gasteiger partial charge in [0.1, 0.15) is 5.76 Å². The summed E-state index contributed by atoms with van der Waals surface area (Å²) < 4.78 is 7.68. The van der Waals surface area contributed by atoms with Crippen LogP contribution in [0.3, 0.4) is 0 Å². The first-order chi connectivity index (χ1) is 13.7. The van der Waals surface area contributed by atoms with Crippen molar-refractivity contribution in [2.75, 3.05) is 13.2 Å². The number of aryl methyl sites for hydroxylation is 1. The summed E-state index contributed by atoms with van der Waals surface area (Å²) in [6.45, 7) is 3.88. The summed E-state index contributed by atoms with van der Waals surface area (Å²) in [5, 5.41) is 14.6. The van der Waals surface area contributed by atoms with E-state index in [1.54, 1.807) is 4.52 Å². The minimum Gasteiger partial charge on any atom is -0.425 e. The van der Waals surface area contributed by atoms with Crippen LogP contribution in [0.15, 0.2) is 59.0 Å². The molecule has 28 heavy (non-hydrogen) atoms. The second-order valence-corrected chi connectivity index (χ2v) is 7.05. The average Bonchev–Trinajstić information content (AvgIpc) is 3.23. The van der Waals surface area contributed by atoms with Gasteiger partial charge in [0, 0.05) is 18.7 Å². The molecule has 4 rings (SSSR count). The molecule has 1 N–H and O–H groups in total. The fourth-order valence-electron chi connectivity index (χ4n) is 3.19. The lowest BCUT2D eigenvalue weighted by Gasteiger charge is -2.20. The largest absolute Gasteiger partial charge is 0.425 e. The number of oxazole rings is 1. The van der Waals surface area contributed by atoms with Gasteiger partial charge < -0.3 is 9.52 Å². The molecule has 2 heterocycles. The van der Waals surface area contributed by atoms with Gasteiger partial charge >= 0.3 is 5.84 Å². The maximum absolute atomic E-state index is 9.44. The topological polar surface area (TPSA) is 66.8 Å². The standard InChI is InChI=1S/C21H21ClN4O2/c1-15-19(14-25(11-12-27)13-16-7-3-2-4-8-16)28-21-23-20(24-26(15)21)17-9-5-6-10-18(17)22/h2-10,27H,11-14H2,1H3. The molecule has 4 aromatic rings. The summed E-state index contributed by atoms with van der Waals surface area (Å²) in [6, 6.07) is 17.6. The van der Waals surface area contributed by atoms with Crippen molar-refractivity contribution in [1.82, 2.24) is 19.5 Å². The molecule has 0 aliphatic carbocycles. The molecular weight excluding hydrogens is 376 g/mol. The van der Waals surface area contributed by atoms with E-state index in [1.165, 1.54) is 5.56 Å². The molecule has 0 unspecified atom stereocenters. The highest BCUT2D eigenvalue weighted by Gasteiger charge is 2.19. The molecule has 0 radical (unpaired) electrons. The molecule has 0 saturated carbocycles. The van der Waals surface area contributed by atoms with Crippen molar-refractivity contribution >= 4 is 17.4 Å². The molecule has 144 valence electrons. The normalized spacial score (nSPS) is 11.6. The monoisotopic (exact) mass is 396 g/mol. The van der Waals surface area contributed by atoms with Crippen LogP contribution in [0.5, 0.6) is 0 Å². The van der Waals surface area contributed by atoms with Gasteiger partial charge in [0.15, 0.2) is 5.82 Å². The number of aliphatic hydroxyl groups excluding tert-OH is 1. The van der Waals surface area contributed by atoms with Gasteiger partial charge in [-0.25, -0.2) is 0 Å². The maximum atomic E-state index is 9.44. The third kappa shape index (κ3) is 3.80. The van der Waals surface area contributed by atoms with Gasteiger partial charge in [-0.1, -0.05) is 54.1 Å². The maximum Gasteiger partial charge on any atom is 0.325 e. The fourth-order valence-corrected chi connectivity index (χ4v) is 3.41. The van der Waals surface area contributed by atoms with Crippen LogP contribution in [0.2, 0.25) is 5.02 Å². The van der Waals surface area contributed by atoms with E-state index in [1.807, 2.05) is 49.4 Å². The van der Waals surface area contributed by atoms with Gasteiger partial charge in [-0.05, 0) is 24.6 Å². The van der Waals surface area contributed by atoms with Gasteiger partial charge in [0.2, 0.25) is 0 Å².